The first-order valence-corrected chi connectivity index (χ1v) is 9.67. The highest BCUT2D eigenvalue weighted by atomic mass is 32.1. The maximum absolute atomic E-state index is 5.13. The van der Waals surface area contributed by atoms with Gasteiger partial charge in [0.2, 0.25) is 0 Å². The fourth-order valence-electron chi connectivity index (χ4n) is 2.95. The maximum atomic E-state index is 5.13. The highest BCUT2D eigenvalue weighted by Crippen LogP contribution is 2.16. The van der Waals surface area contributed by atoms with Gasteiger partial charge in [-0.15, -0.1) is 5.10 Å². The van der Waals surface area contributed by atoms with E-state index in [2.05, 4.69) is 37.2 Å². The molecule has 0 saturated carbocycles. The molecular weight excluding hydrogens is 384 g/mol. The number of pyridine rings is 2. The van der Waals surface area contributed by atoms with Gasteiger partial charge in [0, 0.05) is 18.1 Å². The van der Waals surface area contributed by atoms with Gasteiger partial charge in [-0.05, 0) is 62.0 Å². The Morgan fingerprint density at radius 1 is 1.17 bits per heavy atom. The number of rotatable bonds is 5. The Kier molecular flexibility index (Phi) is 5.39. The molecule has 3 heterocycles. The lowest BCUT2D eigenvalue weighted by molar-refractivity contribution is 0.664. The normalized spacial score (nSPS) is 11.7. The number of hydrogen-bond donors (Lipinski definition) is 2. The third kappa shape index (κ3) is 4.19. The summed E-state index contributed by atoms with van der Waals surface area (Å²) in [4.78, 5) is 9.07. The summed E-state index contributed by atoms with van der Waals surface area (Å²) in [6, 6.07) is 13.9. The van der Waals surface area contributed by atoms with E-state index in [4.69, 9.17) is 17.2 Å². The molecule has 146 valence electrons. The van der Waals surface area contributed by atoms with Gasteiger partial charge in [0.15, 0.2) is 10.8 Å². The van der Waals surface area contributed by atoms with Crippen molar-refractivity contribution in [3.8, 4) is 0 Å². The summed E-state index contributed by atoms with van der Waals surface area (Å²) in [6.07, 6.45) is 1.79. The number of hydrogen-bond acceptors (Lipinski definition) is 6. The lowest BCUT2D eigenvalue weighted by atomic mass is 10.1. The SMILES string of the molecule is CCNC(=S)N/N=C(\C)c1ccc2nnn(Cc3ccc4ncccc4c3)c2n1. The fraction of sp³-hybridized carbons (Fsp3) is 0.200. The number of hydrazone groups is 1. The van der Waals surface area contributed by atoms with Gasteiger partial charge in [0.25, 0.3) is 0 Å². The smallest absolute Gasteiger partial charge is 0.186 e. The molecule has 29 heavy (non-hydrogen) atoms. The van der Waals surface area contributed by atoms with E-state index in [-0.39, 0.29) is 0 Å². The van der Waals surface area contributed by atoms with Crippen LogP contribution in [0, 0.1) is 0 Å². The van der Waals surface area contributed by atoms with Crippen LogP contribution in [-0.2, 0) is 6.54 Å². The van der Waals surface area contributed by atoms with Crippen LogP contribution >= 0.6 is 12.2 Å². The van der Waals surface area contributed by atoms with Crippen LogP contribution in [0.15, 0.2) is 53.8 Å². The molecule has 2 N–H and O–H groups in total. The average molecular weight is 405 g/mol. The van der Waals surface area contributed by atoms with Crippen LogP contribution in [-0.4, -0.2) is 42.3 Å². The molecule has 3 aromatic heterocycles. The number of aromatic nitrogens is 5. The Morgan fingerprint density at radius 2 is 2.03 bits per heavy atom. The first-order chi connectivity index (χ1) is 14.1. The topological polar surface area (TPSA) is 92.9 Å². The summed E-state index contributed by atoms with van der Waals surface area (Å²) in [5.74, 6) is 0. The van der Waals surface area contributed by atoms with E-state index < -0.39 is 0 Å². The number of nitrogens with one attached hydrogen (secondary N) is 2. The van der Waals surface area contributed by atoms with E-state index in [1.54, 1.807) is 10.9 Å². The van der Waals surface area contributed by atoms with Crippen molar-refractivity contribution in [1.82, 2.24) is 35.7 Å². The number of benzene rings is 1. The molecular formula is C20H20N8S. The van der Waals surface area contributed by atoms with Crippen molar-refractivity contribution in [3.63, 3.8) is 0 Å². The molecule has 0 atom stereocenters. The Balaban J connectivity index is 1.61. The summed E-state index contributed by atoms with van der Waals surface area (Å²) in [5, 5.41) is 17.4. The number of nitrogens with zero attached hydrogens (tertiary/aromatic N) is 6. The number of fused-ring (bicyclic) bond motifs is 2. The van der Waals surface area contributed by atoms with Gasteiger partial charge >= 0.3 is 0 Å². The first kappa shape index (κ1) is 18.9. The second-order valence-corrected chi connectivity index (χ2v) is 6.89. The predicted octanol–water partition coefficient (Wildman–Crippen LogP) is 2.63. The first-order valence-electron chi connectivity index (χ1n) is 9.26. The minimum absolute atomic E-state index is 0.477. The Bertz CT molecular complexity index is 1210. The Labute approximate surface area is 173 Å². The lowest BCUT2D eigenvalue weighted by Crippen LogP contribution is -2.32. The maximum Gasteiger partial charge on any atom is 0.186 e. The van der Waals surface area contributed by atoms with Gasteiger partial charge in [-0.25, -0.2) is 9.67 Å². The molecule has 0 saturated heterocycles. The molecule has 8 nitrogen and oxygen atoms in total. The van der Waals surface area contributed by atoms with Gasteiger partial charge in [-0.3, -0.25) is 10.4 Å². The van der Waals surface area contributed by atoms with Gasteiger partial charge in [-0.2, -0.15) is 5.10 Å². The molecule has 0 aliphatic heterocycles. The van der Waals surface area contributed by atoms with Crippen molar-refractivity contribution in [2.45, 2.75) is 20.4 Å². The highest BCUT2D eigenvalue weighted by Gasteiger charge is 2.10. The van der Waals surface area contributed by atoms with Crippen LogP contribution in [0.2, 0.25) is 0 Å². The molecule has 0 bridgehead atoms. The second-order valence-electron chi connectivity index (χ2n) is 6.49. The van der Waals surface area contributed by atoms with Gasteiger partial charge in [0.1, 0.15) is 5.52 Å². The van der Waals surface area contributed by atoms with Crippen molar-refractivity contribution in [1.29, 1.82) is 0 Å². The van der Waals surface area contributed by atoms with Gasteiger partial charge in [-0.1, -0.05) is 17.3 Å². The molecule has 4 rings (SSSR count). The van der Waals surface area contributed by atoms with Gasteiger partial charge in [0.05, 0.1) is 23.5 Å². The van der Waals surface area contributed by atoms with E-state index >= 15 is 0 Å². The van der Waals surface area contributed by atoms with E-state index in [1.807, 2.05) is 50.2 Å². The molecule has 4 aromatic rings. The molecule has 1 aromatic carbocycles. The van der Waals surface area contributed by atoms with Crippen LogP contribution in [0.5, 0.6) is 0 Å². The Hall–Kier alpha value is -3.46. The van der Waals surface area contributed by atoms with E-state index in [9.17, 15) is 0 Å². The van der Waals surface area contributed by atoms with Crippen molar-refractivity contribution in [3.05, 3.63) is 59.9 Å². The molecule has 0 unspecified atom stereocenters. The molecule has 0 aliphatic rings. The zero-order valence-electron chi connectivity index (χ0n) is 16.1. The molecule has 0 radical (unpaired) electrons. The molecule has 9 heteroatoms. The third-order valence-electron chi connectivity index (χ3n) is 4.39. The fourth-order valence-corrected chi connectivity index (χ4v) is 3.14. The van der Waals surface area contributed by atoms with Crippen molar-refractivity contribution >= 4 is 45.1 Å². The largest absolute Gasteiger partial charge is 0.362 e. The van der Waals surface area contributed by atoms with Gasteiger partial charge < -0.3 is 5.32 Å². The highest BCUT2D eigenvalue weighted by molar-refractivity contribution is 7.80. The minimum atomic E-state index is 0.477. The van der Waals surface area contributed by atoms with Crippen LogP contribution in [0.3, 0.4) is 0 Å². The predicted molar refractivity (Wildman–Crippen MR) is 118 cm³/mol. The van der Waals surface area contributed by atoms with E-state index in [0.717, 1.165) is 39.9 Å². The van der Waals surface area contributed by atoms with Crippen molar-refractivity contribution < 1.29 is 0 Å². The van der Waals surface area contributed by atoms with Crippen molar-refractivity contribution in [2.24, 2.45) is 5.10 Å². The lowest BCUT2D eigenvalue weighted by Gasteiger charge is -2.06. The summed E-state index contributed by atoms with van der Waals surface area (Å²) in [5.41, 5.74) is 7.78. The Morgan fingerprint density at radius 3 is 2.90 bits per heavy atom. The standard InChI is InChI=1S/C20H20N8S/c1-3-21-20(29)26-24-13(2)16-8-9-18-19(23-16)28(27-25-18)12-14-6-7-17-15(11-14)5-4-10-22-17/h4-11H,3,12H2,1-2H3,(H2,21,26,29)/b24-13+. The van der Waals surface area contributed by atoms with Crippen molar-refractivity contribution in [2.75, 3.05) is 6.54 Å². The average Bonchev–Trinajstić information content (AvgIpc) is 3.14. The zero-order chi connectivity index (χ0) is 20.2. The summed E-state index contributed by atoms with van der Waals surface area (Å²) >= 11 is 5.13. The molecule has 0 amide bonds. The quantitative estimate of drug-likeness (QED) is 0.300. The van der Waals surface area contributed by atoms with Crippen LogP contribution in [0.1, 0.15) is 25.1 Å². The van der Waals surface area contributed by atoms with Crippen LogP contribution in [0.25, 0.3) is 22.1 Å². The zero-order valence-corrected chi connectivity index (χ0v) is 16.9. The molecule has 0 spiro atoms. The summed E-state index contributed by atoms with van der Waals surface area (Å²) in [6.45, 7) is 5.15. The summed E-state index contributed by atoms with van der Waals surface area (Å²) in [7, 11) is 0. The second kappa shape index (κ2) is 8.27. The van der Waals surface area contributed by atoms with E-state index in [0.29, 0.717) is 17.3 Å². The summed E-state index contributed by atoms with van der Waals surface area (Å²) < 4.78 is 1.79. The van der Waals surface area contributed by atoms with Crippen LogP contribution < -0.4 is 10.7 Å². The molecule has 0 aliphatic carbocycles. The van der Waals surface area contributed by atoms with Crippen LogP contribution in [0.4, 0.5) is 0 Å². The third-order valence-corrected chi connectivity index (χ3v) is 4.63. The minimum Gasteiger partial charge on any atom is -0.362 e. The number of thiocarbonyl (C=S) groups is 1. The monoisotopic (exact) mass is 404 g/mol. The molecule has 0 fully saturated rings. The van der Waals surface area contributed by atoms with E-state index in [1.165, 1.54) is 0 Å².